The lowest BCUT2D eigenvalue weighted by Crippen LogP contribution is -2.23. The first-order chi connectivity index (χ1) is 12.1. The molecule has 128 valence electrons. The highest BCUT2D eigenvalue weighted by atomic mass is 31.2. The third-order valence-electron chi connectivity index (χ3n) is 3.75. The molecule has 0 aliphatic heterocycles. The monoisotopic (exact) mass is 370 g/mol. The van der Waals surface area contributed by atoms with Gasteiger partial charge in [0.05, 0.1) is 11.9 Å². The van der Waals surface area contributed by atoms with Crippen molar-refractivity contribution >= 4 is 36.7 Å². The summed E-state index contributed by atoms with van der Waals surface area (Å²) in [7, 11) is -4.59. The van der Waals surface area contributed by atoms with Crippen LogP contribution in [0.15, 0.2) is 84.9 Å². The Morgan fingerprint density at radius 2 is 1.36 bits per heavy atom. The van der Waals surface area contributed by atoms with Crippen LogP contribution in [0.3, 0.4) is 0 Å². The Morgan fingerprint density at radius 1 is 0.840 bits per heavy atom. The van der Waals surface area contributed by atoms with Gasteiger partial charge in [0.15, 0.2) is 0 Å². The van der Waals surface area contributed by atoms with Gasteiger partial charge in [-0.15, -0.1) is 0 Å². The molecule has 3 aromatic rings. The molecule has 0 heterocycles. The van der Waals surface area contributed by atoms with E-state index in [4.69, 9.17) is 4.52 Å². The molecule has 25 heavy (non-hydrogen) atoms. The van der Waals surface area contributed by atoms with Crippen LogP contribution in [-0.4, -0.2) is 11.5 Å². The van der Waals surface area contributed by atoms with Gasteiger partial charge >= 0.3 is 7.60 Å². The quantitative estimate of drug-likeness (QED) is 0.678. The largest absolute Gasteiger partial charge is 0.358 e. The number of hydrogen-bond acceptors (Lipinski definition) is 2. The Hall–Kier alpha value is -1.76. The van der Waals surface area contributed by atoms with E-state index in [-0.39, 0.29) is 6.61 Å². The van der Waals surface area contributed by atoms with Gasteiger partial charge in [-0.25, -0.2) is 0 Å². The van der Waals surface area contributed by atoms with Crippen LogP contribution in [-0.2, 0) is 9.09 Å². The minimum atomic E-state index is -3.78. The summed E-state index contributed by atoms with van der Waals surface area (Å²) >= 11 is 0. The van der Waals surface area contributed by atoms with Crippen LogP contribution in [0.4, 0.5) is 0 Å². The lowest BCUT2D eigenvalue weighted by molar-refractivity contribution is 0.284. The van der Waals surface area contributed by atoms with E-state index in [1.165, 1.54) is 10.6 Å². The Morgan fingerprint density at radius 3 is 1.88 bits per heavy atom. The molecule has 0 radical (unpaired) electrons. The van der Waals surface area contributed by atoms with E-state index in [0.717, 1.165) is 5.30 Å². The van der Waals surface area contributed by atoms with Crippen LogP contribution in [0.25, 0.3) is 0 Å². The van der Waals surface area contributed by atoms with Crippen LogP contribution >= 0.6 is 15.5 Å². The van der Waals surface area contributed by atoms with Gasteiger partial charge in [-0.1, -0.05) is 72.8 Å². The smallest absolute Gasteiger partial charge is 0.321 e. The predicted octanol–water partition coefficient (Wildman–Crippen LogP) is 3.29. The van der Waals surface area contributed by atoms with E-state index in [1.807, 2.05) is 54.6 Å². The maximum Gasteiger partial charge on any atom is 0.358 e. The standard InChI is InChI=1S/C20H20O3P2/c1-2-23-25(21,22)20-15-9-14-19(16-20)24(17-10-5-3-6-11-17)18-12-7-4-8-13-18/h3-16H,2H2,1H3,(H,21,22). The van der Waals surface area contributed by atoms with Crippen molar-refractivity contribution in [3.63, 3.8) is 0 Å². The first-order valence-electron chi connectivity index (χ1n) is 8.10. The van der Waals surface area contributed by atoms with Crippen molar-refractivity contribution in [2.45, 2.75) is 6.92 Å². The summed E-state index contributed by atoms with van der Waals surface area (Å²) in [6, 6.07) is 27.8. The van der Waals surface area contributed by atoms with Crippen LogP contribution in [0, 0.1) is 0 Å². The summed E-state index contributed by atoms with van der Waals surface area (Å²) in [4.78, 5) is 10.2. The molecule has 5 heteroatoms. The van der Waals surface area contributed by atoms with Gasteiger partial charge in [0, 0.05) is 0 Å². The van der Waals surface area contributed by atoms with E-state index in [9.17, 15) is 9.46 Å². The zero-order valence-electron chi connectivity index (χ0n) is 13.9. The molecular weight excluding hydrogens is 350 g/mol. The highest BCUT2D eigenvalue weighted by Crippen LogP contribution is 2.41. The first-order valence-corrected chi connectivity index (χ1v) is 11.0. The second-order valence-electron chi connectivity index (χ2n) is 5.46. The fraction of sp³-hybridized carbons (Fsp3) is 0.100. The topological polar surface area (TPSA) is 46.5 Å². The van der Waals surface area contributed by atoms with Crippen LogP contribution in [0.1, 0.15) is 6.92 Å². The third-order valence-corrected chi connectivity index (χ3v) is 7.71. The zero-order valence-corrected chi connectivity index (χ0v) is 15.7. The van der Waals surface area contributed by atoms with E-state index in [2.05, 4.69) is 24.3 Å². The van der Waals surface area contributed by atoms with E-state index < -0.39 is 15.5 Å². The molecule has 3 aromatic carbocycles. The van der Waals surface area contributed by atoms with Crippen molar-refractivity contribution in [1.82, 2.24) is 0 Å². The fourth-order valence-corrected chi connectivity index (χ4v) is 6.17. The highest BCUT2D eigenvalue weighted by Gasteiger charge is 2.24. The van der Waals surface area contributed by atoms with Crippen molar-refractivity contribution in [2.75, 3.05) is 6.61 Å². The third kappa shape index (κ3) is 4.26. The maximum absolute atomic E-state index is 12.4. The van der Waals surface area contributed by atoms with Crippen molar-refractivity contribution < 1.29 is 14.0 Å². The van der Waals surface area contributed by atoms with E-state index >= 15 is 0 Å². The van der Waals surface area contributed by atoms with Gasteiger partial charge in [-0.3, -0.25) is 4.57 Å². The van der Waals surface area contributed by atoms with Gasteiger partial charge in [-0.05, 0) is 42.9 Å². The minimum absolute atomic E-state index is 0.199. The van der Waals surface area contributed by atoms with Gasteiger partial charge in [-0.2, -0.15) is 0 Å². The average molecular weight is 370 g/mol. The normalized spacial score (nSPS) is 13.6. The Kier molecular flexibility index (Phi) is 5.83. The van der Waals surface area contributed by atoms with E-state index in [0.29, 0.717) is 5.30 Å². The van der Waals surface area contributed by atoms with Gasteiger partial charge in [0.1, 0.15) is 0 Å². The van der Waals surface area contributed by atoms with Crippen molar-refractivity contribution in [1.29, 1.82) is 0 Å². The first kappa shape index (κ1) is 18.0. The van der Waals surface area contributed by atoms with E-state index in [1.54, 1.807) is 13.0 Å². The molecular formula is C20H20O3P2. The maximum atomic E-state index is 12.4. The number of hydrogen-bond donors (Lipinski definition) is 1. The lowest BCUT2D eigenvalue weighted by Gasteiger charge is -2.20. The summed E-state index contributed by atoms with van der Waals surface area (Å²) in [5.74, 6) is 0. The molecule has 0 amide bonds. The fourth-order valence-electron chi connectivity index (χ4n) is 2.66. The molecule has 0 saturated heterocycles. The molecule has 1 N–H and O–H groups in total. The molecule has 0 aromatic heterocycles. The molecule has 1 atom stereocenters. The van der Waals surface area contributed by atoms with Gasteiger partial charge < -0.3 is 9.42 Å². The summed E-state index contributed by atoms with van der Waals surface area (Å²) in [5.41, 5.74) is 0. The molecule has 1 unspecified atom stereocenters. The molecule has 0 aliphatic rings. The van der Waals surface area contributed by atoms with Crippen molar-refractivity contribution in [3.05, 3.63) is 84.9 Å². The minimum Gasteiger partial charge on any atom is -0.321 e. The Labute approximate surface area is 149 Å². The second kappa shape index (κ2) is 8.08. The van der Waals surface area contributed by atoms with Crippen molar-refractivity contribution in [2.24, 2.45) is 0 Å². The number of benzene rings is 3. The number of rotatable bonds is 6. The summed E-state index contributed by atoms with van der Waals surface area (Å²) in [6.45, 7) is 1.91. The van der Waals surface area contributed by atoms with Crippen LogP contribution < -0.4 is 21.2 Å². The van der Waals surface area contributed by atoms with Gasteiger partial charge in [0.25, 0.3) is 0 Å². The molecule has 3 rings (SSSR count). The Balaban J connectivity index is 2.10. The molecule has 0 saturated carbocycles. The molecule has 0 aliphatic carbocycles. The molecule has 0 bridgehead atoms. The average Bonchev–Trinajstić information content (AvgIpc) is 2.64. The van der Waals surface area contributed by atoms with Gasteiger partial charge in [0.2, 0.25) is 0 Å². The van der Waals surface area contributed by atoms with Crippen LogP contribution in [0.2, 0.25) is 0 Å². The zero-order chi connectivity index (χ0) is 17.7. The highest BCUT2D eigenvalue weighted by molar-refractivity contribution is 7.79. The molecule has 0 spiro atoms. The second-order valence-corrected chi connectivity index (χ2v) is 9.50. The summed E-state index contributed by atoms with van der Waals surface area (Å²) in [5, 5.41) is 3.76. The predicted molar refractivity (Wildman–Crippen MR) is 106 cm³/mol. The van der Waals surface area contributed by atoms with Crippen LogP contribution in [0.5, 0.6) is 0 Å². The summed E-state index contributed by atoms with van der Waals surface area (Å²) in [6.07, 6.45) is 0. The summed E-state index contributed by atoms with van der Waals surface area (Å²) < 4.78 is 17.5. The Bertz CT molecular complexity index is 827. The molecule has 0 fully saturated rings. The van der Waals surface area contributed by atoms with Crippen molar-refractivity contribution in [3.8, 4) is 0 Å². The molecule has 3 nitrogen and oxygen atoms in total. The lowest BCUT2D eigenvalue weighted by atomic mass is 10.3. The SMILES string of the molecule is CCOP(=O)(O)c1cccc(P(c2ccccc2)c2ccccc2)c1.